The summed E-state index contributed by atoms with van der Waals surface area (Å²) in [6.07, 6.45) is -9.26. The van der Waals surface area contributed by atoms with Crippen molar-refractivity contribution in [3.8, 4) is 0 Å². The molecule has 0 atom stereocenters. The normalized spacial score (nSPS) is 12.5. The van der Waals surface area contributed by atoms with Crippen molar-refractivity contribution in [1.82, 2.24) is 4.90 Å². The van der Waals surface area contributed by atoms with Crippen LogP contribution >= 0.6 is 0 Å². The third-order valence-electron chi connectivity index (χ3n) is 3.62. The van der Waals surface area contributed by atoms with Crippen LogP contribution in [0.25, 0.3) is 0 Å². The summed E-state index contributed by atoms with van der Waals surface area (Å²) in [7, 11) is -3.35. The summed E-state index contributed by atoms with van der Waals surface area (Å²) < 4.78 is 102. The van der Waals surface area contributed by atoms with E-state index < -0.39 is 40.4 Å². The highest BCUT2D eigenvalue weighted by Crippen LogP contribution is 2.31. The van der Waals surface area contributed by atoms with Crippen LogP contribution in [0, 0.1) is 0 Å². The molecule has 0 bridgehead atoms. The second-order valence-electron chi connectivity index (χ2n) is 5.98. The molecule has 2 aromatic rings. The summed E-state index contributed by atoms with van der Waals surface area (Å²) in [4.78, 5) is 12.0. The molecule has 0 radical (unpaired) electrons. The molecule has 1 N–H and O–H groups in total. The van der Waals surface area contributed by atoms with Crippen LogP contribution in [-0.4, -0.2) is 39.0 Å². The molecule has 158 valence electrons. The monoisotopic (exact) mass is 440 g/mol. The van der Waals surface area contributed by atoms with Crippen molar-refractivity contribution >= 4 is 21.6 Å². The Hall–Kier alpha value is -2.76. The largest absolute Gasteiger partial charge is 0.416 e. The van der Waals surface area contributed by atoms with Gasteiger partial charge in [-0.1, -0.05) is 6.07 Å². The third kappa shape index (κ3) is 6.11. The molecule has 12 heteroatoms. The number of halogens is 6. The van der Waals surface area contributed by atoms with Crippen molar-refractivity contribution in [3.05, 3.63) is 59.7 Å². The summed E-state index contributed by atoms with van der Waals surface area (Å²) in [5.41, 5.74) is -1.56. The summed E-state index contributed by atoms with van der Waals surface area (Å²) in [5.74, 6) is -0.975. The van der Waals surface area contributed by atoms with Crippen LogP contribution in [0.2, 0.25) is 0 Å². The zero-order chi connectivity index (χ0) is 22.0. The van der Waals surface area contributed by atoms with E-state index in [0.717, 1.165) is 49.5 Å². The summed E-state index contributed by atoms with van der Waals surface area (Å²) in [6.45, 7) is -1.48. The standard InChI is InChI=1S/C17H14F6N2O3S/c1-25(10-16(18,19)20)15(26)11-5-7-14(8-6-11)29(27,28)24-13-4-2-3-12(9-13)17(21,22)23/h2-9,24H,10H2,1H3. The van der Waals surface area contributed by atoms with Crippen molar-refractivity contribution in [2.75, 3.05) is 18.3 Å². The number of nitrogens with one attached hydrogen (secondary N) is 1. The molecule has 5 nitrogen and oxygen atoms in total. The van der Waals surface area contributed by atoms with E-state index in [-0.39, 0.29) is 16.1 Å². The number of benzene rings is 2. The van der Waals surface area contributed by atoms with E-state index in [1.54, 1.807) is 0 Å². The number of hydrogen-bond donors (Lipinski definition) is 1. The van der Waals surface area contributed by atoms with E-state index in [2.05, 4.69) is 0 Å². The number of anilines is 1. The predicted molar refractivity (Wildman–Crippen MR) is 91.7 cm³/mol. The number of sulfonamides is 1. The average molecular weight is 440 g/mol. The molecule has 29 heavy (non-hydrogen) atoms. The maximum absolute atomic E-state index is 12.7. The van der Waals surface area contributed by atoms with Crippen LogP contribution < -0.4 is 4.72 Å². The smallest absolute Gasteiger partial charge is 0.333 e. The Balaban J connectivity index is 2.19. The van der Waals surface area contributed by atoms with Crippen molar-refractivity contribution < 1.29 is 39.6 Å². The van der Waals surface area contributed by atoms with E-state index in [0.29, 0.717) is 11.0 Å². The van der Waals surface area contributed by atoms with Gasteiger partial charge in [-0.25, -0.2) is 8.42 Å². The molecule has 0 aliphatic carbocycles. The Bertz CT molecular complexity index is 985. The first-order valence-corrected chi connectivity index (χ1v) is 9.30. The van der Waals surface area contributed by atoms with Crippen LogP contribution in [0.3, 0.4) is 0 Å². The molecule has 0 unspecified atom stereocenters. The van der Waals surface area contributed by atoms with Crippen LogP contribution in [0.1, 0.15) is 15.9 Å². The van der Waals surface area contributed by atoms with Crippen molar-refractivity contribution in [3.63, 3.8) is 0 Å². The van der Waals surface area contributed by atoms with Gasteiger partial charge < -0.3 is 4.90 Å². The first kappa shape index (κ1) is 22.5. The van der Waals surface area contributed by atoms with Gasteiger partial charge in [-0.15, -0.1) is 0 Å². The molecule has 0 spiro atoms. The number of rotatable bonds is 5. The molecular formula is C17H14F6N2O3S. The van der Waals surface area contributed by atoms with Gasteiger partial charge in [0.05, 0.1) is 10.5 Å². The van der Waals surface area contributed by atoms with Crippen LogP contribution in [0.5, 0.6) is 0 Å². The Morgan fingerprint density at radius 2 is 1.59 bits per heavy atom. The van der Waals surface area contributed by atoms with Gasteiger partial charge in [0.2, 0.25) is 0 Å². The fourth-order valence-corrected chi connectivity index (χ4v) is 3.36. The van der Waals surface area contributed by atoms with Crippen molar-refractivity contribution in [1.29, 1.82) is 0 Å². The van der Waals surface area contributed by atoms with Gasteiger partial charge in [0.1, 0.15) is 6.54 Å². The first-order chi connectivity index (χ1) is 13.2. The lowest BCUT2D eigenvalue weighted by molar-refractivity contribution is -0.138. The van der Waals surface area contributed by atoms with E-state index in [9.17, 15) is 39.6 Å². The molecule has 0 saturated heterocycles. The number of hydrogen-bond acceptors (Lipinski definition) is 3. The first-order valence-electron chi connectivity index (χ1n) is 7.81. The molecule has 0 aliphatic rings. The molecule has 0 fully saturated rings. The fourth-order valence-electron chi connectivity index (χ4n) is 2.31. The van der Waals surface area contributed by atoms with Gasteiger partial charge in [0.15, 0.2) is 0 Å². The molecule has 1 amide bonds. The van der Waals surface area contributed by atoms with E-state index in [1.807, 2.05) is 4.72 Å². The SMILES string of the molecule is CN(CC(F)(F)F)C(=O)c1ccc(S(=O)(=O)Nc2cccc(C(F)(F)F)c2)cc1. The molecule has 0 aromatic heterocycles. The van der Waals surface area contributed by atoms with Crippen LogP contribution in [-0.2, 0) is 16.2 Å². The topological polar surface area (TPSA) is 66.5 Å². The summed E-state index contributed by atoms with van der Waals surface area (Å²) in [6, 6.07) is 7.48. The number of carbonyl (C=O) groups is 1. The second kappa shape index (κ2) is 7.93. The minimum Gasteiger partial charge on any atom is -0.333 e. The molecule has 0 heterocycles. The van der Waals surface area contributed by atoms with Crippen LogP contribution in [0.15, 0.2) is 53.4 Å². The van der Waals surface area contributed by atoms with Crippen molar-refractivity contribution in [2.45, 2.75) is 17.2 Å². The molecule has 0 saturated carbocycles. The Morgan fingerprint density at radius 1 is 1.00 bits per heavy atom. The average Bonchev–Trinajstić information content (AvgIpc) is 2.59. The Labute approximate surface area is 162 Å². The number of carbonyl (C=O) groups excluding carboxylic acids is 1. The summed E-state index contributed by atoms with van der Waals surface area (Å²) >= 11 is 0. The van der Waals surface area contributed by atoms with Gasteiger partial charge in [-0.2, -0.15) is 26.3 Å². The number of amides is 1. The van der Waals surface area contributed by atoms with E-state index in [1.165, 1.54) is 0 Å². The minimum atomic E-state index is -4.66. The van der Waals surface area contributed by atoms with Crippen molar-refractivity contribution in [2.24, 2.45) is 0 Å². The van der Waals surface area contributed by atoms with Gasteiger partial charge in [-0.3, -0.25) is 9.52 Å². The molecule has 2 aromatic carbocycles. The number of nitrogens with zero attached hydrogens (tertiary/aromatic N) is 1. The van der Waals surface area contributed by atoms with E-state index >= 15 is 0 Å². The van der Waals surface area contributed by atoms with Gasteiger partial charge in [0.25, 0.3) is 15.9 Å². The minimum absolute atomic E-state index is 0.185. The molecular weight excluding hydrogens is 426 g/mol. The molecule has 0 aliphatic heterocycles. The lowest BCUT2D eigenvalue weighted by Gasteiger charge is -2.19. The van der Waals surface area contributed by atoms with Gasteiger partial charge in [0, 0.05) is 18.3 Å². The van der Waals surface area contributed by atoms with Crippen LogP contribution in [0.4, 0.5) is 32.0 Å². The Morgan fingerprint density at radius 3 is 2.10 bits per heavy atom. The maximum Gasteiger partial charge on any atom is 0.416 e. The Kier molecular flexibility index (Phi) is 6.16. The van der Waals surface area contributed by atoms with Gasteiger partial charge in [-0.05, 0) is 42.5 Å². The lowest BCUT2D eigenvalue weighted by Crippen LogP contribution is -2.35. The molecule has 2 rings (SSSR count). The van der Waals surface area contributed by atoms with Gasteiger partial charge >= 0.3 is 12.4 Å². The highest BCUT2D eigenvalue weighted by atomic mass is 32.2. The number of alkyl halides is 6. The fraction of sp³-hybridized carbons (Fsp3) is 0.235. The highest BCUT2D eigenvalue weighted by molar-refractivity contribution is 7.92. The van der Waals surface area contributed by atoms with E-state index in [4.69, 9.17) is 0 Å². The quantitative estimate of drug-likeness (QED) is 0.711. The highest BCUT2D eigenvalue weighted by Gasteiger charge is 2.32. The maximum atomic E-state index is 12.7. The zero-order valence-corrected chi connectivity index (χ0v) is 15.5. The lowest BCUT2D eigenvalue weighted by atomic mass is 10.2. The second-order valence-corrected chi connectivity index (χ2v) is 7.67. The summed E-state index contributed by atoms with van der Waals surface area (Å²) in [5, 5.41) is 0. The third-order valence-corrected chi connectivity index (χ3v) is 5.01. The predicted octanol–water partition coefficient (Wildman–Crippen LogP) is 4.14. The zero-order valence-electron chi connectivity index (χ0n) is 14.7.